The van der Waals surface area contributed by atoms with Gasteiger partial charge in [-0.15, -0.1) is 0 Å². The first-order chi connectivity index (χ1) is 8.76. The molecule has 2 N–H and O–H groups in total. The first-order valence-electron chi connectivity index (χ1n) is 6.38. The molecular formula is C13H19N5. The van der Waals surface area contributed by atoms with Crippen molar-refractivity contribution in [2.75, 3.05) is 23.7 Å². The molecule has 0 saturated carbocycles. The number of nitrogen functional groups attached to an aromatic ring is 1. The summed E-state index contributed by atoms with van der Waals surface area (Å²) in [7, 11) is 0. The van der Waals surface area contributed by atoms with E-state index >= 15 is 0 Å². The van der Waals surface area contributed by atoms with Gasteiger partial charge in [-0.3, -0.25) is 0 Å². The van der Waals surface area contributed by atoms with Crippen molar-refractivity contribution >= 4 is 22.7 Å². The second-order valence-corrected chi connectivity index (χ2v) is 4.24. The van der Waals surface area contributed by atoms with Crippen LogP contribution < -0.4 is 10.6 Å². The van der Waals surface area contributed by atoms with Crippen molar-refractivity contribution in [1.82, 2.24) is 15.0 Å². The van der Waals surface area contributed by atoms with Crippen LogP contribution in [0.15, 0.2) is 18.5 Å². The summed E-state index contributed by atoms with van der Waals surface area (Å²) in [5.74, 6) is 1.44. The third-order valence-corrected chi connectivity index (χ3v) is 2.96. The van der Waals surface area contributed by atoms with Crippen LogP contribution in [0.3, 0.4) is 0 Å². The van der Waals surface area contributed by atoms with Crippen molar-refractivity contribution in [3.8, 4) is 0 Å². The molecule has 18 heavy (non-hydrogen) atoms. The largest absolute Gasteiger partial charge is 0.384 e. The topological polar surface area (TPSA) is 67.9 Å². The number of unbranched alkanes of at least 4 members (excludes halogenated alkanes) is 1. The van der Waals surface area contributed by atoms with Crippen LogP contribution in [0.5, 0.6) is 0 Å². The molecule has 0 atom stereocenters. The maximum absolute atomic E-state index is 5.68. The van der Waals surface area contributed by atoms with Gasteiger partial charge in [0.15, 0.2) is 5.65 Å². The van der Waals surface area contributed by atoms with Gasteiger partial charge in [0.1, 0.15) is 18.0 Å². The summed E-state index contributed by atoms with van der Waals surface area (Å²) >= 11 is 0. The van der Waals surface area contributed by atoms with Gasteiger partial charge in [-0.1, -0.05) is 13.3 Å². The number of fused-ring (bicyclic) bond motifs is 1. The molecule has 0 saturated heterocycles. The fraction of sp³-hybridized carbons (Fsp3) is 0.462. The summed E-state index contributed by atoms with van der Waals surface area (Å²) in [4.78, 5) is 15.1. The standard InChI is InChI=1S/C13H19N5/c1-3-5-8-18(4-2)13-10-6-7-11(14)17-12(10)15-9-16-13/h6-7,9H,3-5,8H2,1-2H3,(H2,14,15,16,17). The maximum Gasteiger partial charge on any atom is 0.166 e. The molecular weight excluding hydrogens is 226 g/mol. The molecule has 2 aromatic rings. The molecule has 5 nitrogen and oxygen atoms in total. The van der Waals surface area contributed by atoms with Gasteiger partial charge in [0, 0.05) is 13.1 Å². The smallest absolute Gasteiger partial charge is 0.166 e. The van der Waals surface area contributed by atoms with Crippen molar-refractivity contribution < 1.29 is 0 Å². The van der Waals surface area contributed by atoms with E-state index in [4.69, 9.17) is 5.73 Å². The molecule has 5 heteroatoms. The highest BCUT2D eigenvalue weighted by molar-refractivity contribution is 5.87. The van der Waals surface area contributed by atoms with E-state index in [1.807, 2.05) is 6.07 Å². The van der Waals surface area contributed by atoms with Gasteiger partial charge in [-0.05, 0) is 25.5 Å². The lowest BCUT2D eigenvalue weighted by molar-refractivity contribution is 0.725. The molecule has 0 fully saturated rings. The zero-order valence-corrected chi connectivity index (χ0v) is 10.9. The van der Waals surface area contributed by atoms with E-state index in [9.17, 15) is 0 Å². The molecule has 0 unspecified atom stereocenters. The molecule has 0 amide bonds. The van der Waals surface area contributed by atoms with Gasteiger partial charge in [-0.2, -0.15) is 0 Å². The summed E-state index contributed by atoms with van der Waals surface area (Å²) in [5.41, 5.74) is 6.34. The van der Waals surface area contributed by atoms with Crippen LogP contribution in [-0.4, -0.2) is 28.0 Å². The number of nitrogens with zero attached hydrogens (tertiary/aromatic N) is 4. The SMILES string of the molecule is CCCCN(CC)c1ncnc2nc(N)ccc12. The van der Waals surface area contributed by atoms with E-state index in [2.05, 4.69) is 33.7 Å². The predicted octanol–water partition coefficient (Wildman–Crippen LogP) is 2.23. The van der Waals surface area contributed by atoms with E-state index in [-0.39, 0.29) is 0 Å². The maximum atomic E-state index is 5.68. The summed E-state index contributed by atoms with van der Waals surface area (Å²) in [6.45, 7) is 6.25. The molecule has 0 aromatic carbocycles. The molecule has 0 radical (unpaired) electrons. The third kappa shape index (κ3) is 2.50. The van der Waals surface area contributed by atoms with Crippen molar-refractivity contribution in [2.24, 2.45) is 0 Å². The van der Waals surface area contributed by atoms with Crippen LogP contribution >= 0.6 is 0 Å². The fourth-order valence-electron chi connectivity index (χ4n) is 1.96. The molecule has 96 valence electrons. The number of anilines is 2. The molecule has 0 aliphatic carbocycles. The highest BCUT2D eigenvalue weighted by atomic mass is 15.2. The summed E-state index contributed by atoms with van der Waals surface area (Å²) in [6.07, 6.45) is 3.88. The zero-order chi connectivity index (χ0) is 13.0. The Morgan fingerprint density at radius 2 is 2.06 bits per heavy atom. The lowest BCUT2D eigenvalue weighted by Gasteiger charge is -2.22. The quantitative estimate of drug-likeness (QED) is 0.875. The molecule has 0 spiro atoms. The molecule has 2 rings (SSSR count). The van der Waals surface area contributed by atoms with Crippen LogP contribution in [-0.2, 0) is 0 Å². The van der Waals surface area contributed by atoms with E-state index in [1.54, 1.807) is 12.4 Å². The normalized spacial score (nSPS) is 10.8. The van der Waals surface area contributed by atoms with Crippen molar-refractivity contribution in [3.63, 3.8) is 0 Å². The number of nitrogens with two attached hydrogens (primary N) is 1. The number of hydrogen-bond donors (Lipinski definition) is 1. The summed E-state index contributed by atoms with van der Waals surface area (Å²) < 4.78 is 0. The van der Waals surface area contributed by atoms with Crippen LogP contribution in [0.1, 0.15) is 26.7 Å². The molecule has 2 aromatic heterocycles. The van der Waals surface area contributed by atoms with Crippen LogP contribution in [0.2, 0.25) is 0 Å². The number of rotatable bonds is 5. The van der Waals surface area contributed by atoms with Gasteiger partial charge >= 0.3 is 0 Å². The first kappa shape index (κ1) is 12.5. The van der Waals surface area contributed by atoms with E-state index < -0.39 is 0 Å². The highest BCUT2D eigenvalue weighted by Crippen LogP contribution is 2.22. The van der Waals surface area contributed by atoms with Crippen molar-refractivity contribution in [1.29, 1.82) is 0 Å². The number of aromatic nitrogens is 3. The van der Waals surface area contributed by atoms with E-state index in [1.165, 1.54) is 6.42 Å². The van der Waals surface area contributed by atoms with Gasteiger partial charge in [0.05, 0.1) is 5.39 Å². The predicted molar refractivity (Wildman–Crippen MR) is 74.5 cm³/mol. The van der Waals surface area contributed by atoms with Gasteiger partial charge in [-0.25, -0.2) is 15.0 Å². The molecule has 0 aliphatic heterocycles. The Morgan fingerprint density at radius 3 is 2.78 bits per heavy atom. The summed E-state index contributed by atoms with van der Waals surface area (Å²) in [6, 6.07) is 3.74. The van der Waals surface area contributed by atoms with E-state index in [0.29, 0.717) is 11.5 Å². The lowest BCUT2D eigenvalue weighted by Crippen LogP contribution is -2.25. The average molecular weight is 245 g/mol. The third-order valence-electron chi connectivity index (χ3n) is 2.96. The van der Waals surface area contributed by atoms with Crippen LogP contribution in [0.25, 0.3) is 11.0 Å². The number of hydrogen-bond acceptors (Lipinski definition) is 5. The summed E-state index contributed by atoms with van der Waals surface area (Å²) in [5, 5.41) is 0.963. The zero-order valence-electron chi connectivity index (χ0n) is 10.9. The van der Waals surface area contributed by atoms with Gasteiger partial charge < -0.3 is 10.6 Å². The Kier molecular flexibility index (Phi) is 3.92. The van der Waals surface area contributed by atoms with Crippen LogP contribution in [0.4, 0.5) is 11.6 Å². The highest BCUT2D eigenvalue weighted by Gasteiger charge is 2.11. The van der Waals surface area contributed by atoms with Gasteiger partial charge in [0.25, 0.3) is 0 Å². The Hall–Kier alpha value is -1.91. The Bertz CT molecular complexity index is 526. The minimum atomic E-state index is 0.490. The monoisotopic (exact) mass is 245 g/mol. The fourth-order valence-corrected chi connectivity index (χ4v) is 1.96. The number of pyridine rings is 1. The first-order valence-corrected chi connectivity index (χ1v) is 6.38. The minimum absolute atomic E-state index is 0.490. The second kappa shape index (κ2) is 5.62. The molecule has 0 bridgehead atoms. The molecule has 2 heterocycles. The Labute approximate surface area is 107 Å². The Balaban J connectivity index is 2.42. The van der Waals surface area contributed by atoms with E-state index in [0.717, 1.165) is 30.7 Å². The average Bonchev–Trinajstić information content (AvgIpc) is 2.39. The minimum Gasteiger partial charge on any atom is -0.384 e. The van der Waals surface area contributed by atoms with Crippen LogP contribution in [0, 0.1) is 0 Å². The molecule has 0 aliphatic rings. The van der Waals surface area contributed by atoms with Crippen molar-refractivity contribution in [3.05, 3.63) is 18.5 Å². The second-order valence-electron chi connectivity index (χ2n) is 4.24. The lowest BCUT2D eigenvalue weighted by atomic mass is 10.2. The Morgan fingerprint density at radius 1 is 1.22 bits per heavy atom. The van der Waals surface area contributed by atoms with Crippen molar-refractivity contribution in [2.45, 2.75) is 26.7 Å². The van der Waals surface area contributed by atoms with Gasteiger partial charge in [0.2, 0.25) is 0 Å².